The Morgan fingerprint density at radius 2 is 2.14 bits per heavy atom. The SMILES string of the molecule is O=C(Nc1cccc(OC(F)F)c1)NC1CCCCC1CO. The van der Waals surface area contributed by atoms with Gasteiger partial charge in [-0.25, -0.2) is 4.79 Å². The number of aliphatic hydroxyl groups excluding tert-OH is 1. The molecule has 1 fully saturated rings. The van der Waals surface area contributed by atoms with Crippen LogP contribution in [0.4, 0.5) is 19.3 Å². The van der Waals surface area contributed by atoms with E-state index in [4.69, 9.17) is 0 Å². The van der Waals surface area contributed by atoms with E-state index in [1.165, 1.54) is 18.2 Å². The third-order valence-corrected chi connectivity index (χ3v) is 3.78. The molecule has 2 atom stereocenters. The van der Waals surface area contributed by atoms with Gasteiger partial charge in [0.2, 0.25) is 0 Å². The van der Waals surface area contributed by atoms with Gasteiger partial charge in [-0.15, -0.1) is 0 Å². The van der Waals surface area contributed by atoms with E-state index in [0.717, 1.165) is 25.7 Å². The van der Waals surface area contributed by atoms with Gasteiger partial charge < -0.3 is 20.5 Å². The molecule has 2 amide bonds. The van der Waals surface area contributed by atoms with E-state index >= 15 is 0 Å². The van der Waals surface area contributed by atoms with Gasteiger partial charge in [-0.3, -0.25) is 0 Å². The average Bonchev–Trinajstić information content (AvgIpc) is 2.47. The predicted molar refractivity (Wildman–Crippen MR) is 78.1 cm³/mol. The van der Waals surface area contributed by atoms with E-state index < -0.39 is 12.6 Å². The summed E-state index contributed by atoms with van der Waals surface area (Å²) in [6, 6.07) is 5.33. The zero-order valence-corrected chi connectivity index (χ0v) is 12.1. The number of benzene rings is 1. The topological polar surface area (TPSA) is 70.6 Å². The number of alkyl halides is 2. The number of ether oxygens (including phenoxy) is 1. The second-order valence-electron chi connectivity index (χ2n) is 5.34. The van der Waals surface area contributed by atoms with Crippen LogP contribution in [0.3, 0.4) is 0 Å². The summed E-state index contributed by atoms with van der Waals surface area (Å²) < 4.78 is 28.6. The lowest BCUT2D eigenvalue weighted by atomic mass is 9.85. The van der Waals surface area contributed by atoms with Crippen molar-refractivity contribution in [2.75, 3.05) is 11.9 Å². The molecule has 1 aromatic carbocycles. The first kappa shape index (κ1) is 16.5. The van der Waals surface area contributed by atoms with Crippen molar-refractivity contribution < 1.29 is 23.4 Å². The zero-order chi connectivity index (χ0) is 15.9. The van der Waals surface area contributed by atoms with Crippen LogP contribution in [0.15, 0.2) is 24.3 Å². The van der Waals surface area contributed by atoms with Gasteiger partial charge in [0.15, 0.2) is 0 Å². The number of amides is 2. The standard InChI is InChI=1S/C15H20F2N2O3/c16-14(17)22-12-6-3-5-11(8-12)18-15(21)19-13-7-2-1-4-10(13)9-20/h3,5-6,8,10,13-14,20H,1-2,4,7,9H2,(H2,18,19,21). The highest BCUT2D eigenvalue weighted by Gasteiger charge is 2.25. The van der Waals surface area contributed by atoms with E-state index in [-0.39, 0.29) is 24.3 Å². The summed E-state index contributed by atoms with van der Waals surface area (Å²) in [7, 11) is 0. The van der Waals surface area contributed by atoms with Crippen LogP contribution in [0.2, 0.25) is 0 Å². The maximum atomic E-state index is 12.2. The number of anilines is 1. The van der Waals surface area contributed by atoms with Crippen LogP contribution in [-0.4, -0.2) is 30.4 Å². The summed E-state index contributed by atoms with van der Waals surface area (Å²) in [5, 5.41) is 14.7. The van der Waals surface area contributed by atoms with Gasteiger partial charge in [0.25, 0.3) is 0 Å². The highest BCUT2D eigenvalue weighted by Crippen LogP contribution is 2.24. The van der Waals surface area contributed by atoms with Gasteiger partial charge in [-0.05, 0) is 25.0 Å². The number of rotatable bonds is 5. The molecule has 0 heterocycles. The van der Waals surface area contributed by atoms with Crippen LogP contribution >= 0.6 is 0 Å². The smallest absolute Gasteiger partial charge is 0.387 e. The molecule has 5 nitrogen and oxygen atoms in total. The Morgan fingerprint density at radius 3 is 2.86 bits per heavy atom. The van der Waals surface area contributed by atoms with Crippen molar-refractivity contribution in [3.8, 4) is 5.75 Å². The molecule has 7 heteroatoms. The molecular formula is C15H20F2N2O3. The Hall–Kier alpha value is -1.89. The van der Waals surface area contributed by atoms with Gasteiger partial charge >= 0.3 is 12.6 Å². The molecule has 1 aromatic rings. The van der Waals surface area contributed by atoms with Gasteiger partial charge in [0, 0.05) is 30.3 Å². The Kier molecular flexibility index (Phi) is 5.94. The Bertz CT molecular complexity index is 499. The van der Waals surface area contributed by atoms with Gasteiger partial charge in [-0.2, -0.15) is 8.78 Å². The number of halogens is 2. The van der Waals surface area contributed by atoms with Crippen molar-refractivity contribution >= 4 is 11.7 Å². The fraction of sp³-hybridized carbons (Fsp3) is 0.533. The maximum Gasteiger partial charge on any atom is 0.387 e. The Labute approximate surface area is 127 Å². The number of carbonyl (C=O) groups is 1. The normalized spacial score (nSPS) is 21.5. The van der Waals surface area contributed by atoms with Crippen LogP contribution in [0.5, 0.6) is 5.75 Å². The van der Waals surface area contributed by atoms with Crippen molar-refractivity contribution in [2.45, 2.75) is 38.3 Å². The lowest BCUT2D eigenvalue weighted by Gasteiger charge is -2.30. The lowest BCUT2D eigenvalue weighted by Crippen LogP contribution is -2.45. The van der Waals surface area contributed by atoms with E-state index in [0.29, 0.717) is 5.69 Å². The van der Waals surface area contributed by atoms with Crippen LogP contribution in [0.25, 0.3) is 0 Å². The summed E-state index contributed by atoms with van der Waals surface area (Å²) in [4.78, 5) is 12.0. The fourth-order valence-electron chi connectivity index (χ4n) is 2.70. The number of nitrogens with one attached hydrogen (secondary N) is 2. The minimum atomic E-state index is -2.91. The summed E-state index contributed by atoms with van der Waals surface area (Å²) >= 11 is 0. The molecule has 122 valence electrons. The van der Waals surface area contributed by atoms with E-state index in [1.807, 2.05) is 0 Å². The van der Waals surface area contributed by atoms with E-state index in [1.54, 1.807) is 6.07 Å². The first-order chi connectivity index (χ1) is 10.6. The molecule has 1 saturated carbocycles. The molecule has 0 aromatic heterocycles. The van der Waals surface area contributed by atoms with Crippen molar-refractivity contribution in [3.05, 3.63) is 24.3 Å². The molecule has 0 radical (unpaired) electrons. The molecule has 22 heavy (non-hydrogen) atoms. The summed E-state index contributed by atoms with van der Waals surface area (Å²) in [5.41, 5.74) is 0.368. The number of aliphatic hydroxyl groups is 1. The Balaban J connectivity index is 1.91. The number of hydrogen-bond acceptors (Lipinski definition) is 3. The second kappa shape index (κ2) is 7.93. The molecule has 3 N–H and O–H groups in total. The van der Waals surface area contributed by atoms with Gasteiger partial charge in [0.05, 0.1) is 0 Å². The molecule has 0 saturated heterocycles. The molecule has 1 aliphatic carbocycles. The van der Waals surface area contributed by atoms with E-state index in [2.05, 4.69) is 15.4 Å². The quantitative estimate of drug-likeness (QED) is 0.782. The first-order valence-electron chi connectivity index (χ1n) is 7.31. The number of hydrogen-bond donors (Lipinski definition) is 3. The molecule has 2 unspecified atom stereocenters. The molecule has 0 bridgehead atoms. The van der Waals surface area contributed by atoms with Gasteiger partial charge in [-0.1, -0.05) is 18.9 Å². The molecule has 2 rings (SSSR count). The van der Waals surface area contributed by atoms with Crippen LogP contribution in [-0.2, 0) is 0 Å². The second-order valence-corrected chi connectivity index (χ2v) is 5.34. The van der Waals surface area contributed by atoms with Crippen molar-refractivity contribution in [2.24, 2.45) is 5.92 Å². The maximum absolute atomic E-state index is 12.2. The fourth-order valence-corrected chi connectivity index (χ4v) is 2.70. The minimum Gasteiger partial charge on any atom is -0.435 e. The predicted octanol–water partition coefficient (Wildman–Crippen LogP) is 2.96. The Morgan fingerprint density at radius 1 is 1.36 bits per heavy atom. The molecule has 1 aliphatic rings. The minimum absolute atomic E-state index is 0.0151. The van der Waals surface area contributed by atoms with Crippen molar-refractivity contribution in [3.63, 3.8) is 0 Å². The van der Waals surface area contributed by atoms with Crippen LogP contribution < -0.4 is 15.4 Å². The molecule has 0 aliphatic heterocycles. The monoisotopic (exact) mass is 314 g/mol. The lowest BCUT2D eigenvalue weighted by molar-refractivity contribution is -0.0497. The molecular weight excluding hydrogens is 294 g/mol. The third kappa shape index (κ3) is 4.84. The highest BCUT2D eigenvalue weighted by molar-refractivity contribution is 5.89. The largest absolute Gasteiger partial charge is 0.435 e. The van der Waals surface area contributed by atoms with Gasteiger partial charge in [0.1, 0.15) is 5.75 Å². The van der Waals surface area contributed by atoms with Crippen molar-refractivity contribution in [1.29, 1.82) is 0 Å². The zero-order valence-electron chi connectivity index (χ0n) is 12.1. The number of urea groups is 1. The third-order valence-electron chi connectivity index (χ3n) is 3.78. The highest BCUT2D eigenvalue weighted by atomic mass is 19.3. The summed E-state index contributed by atoms with van der Waals surface area (Å²) in [6.45, 7) is -2.86. The molecule has 0 spiro atoms. The first-order valence-corrected chi connectivity index (χ1v) is 7.31. The van der Waals surface area contributed by atoms with Crippen LogP contribution in [0.1, 0.15) is 25.7 Å². The van der Waals surface area contributed by atoms with Crippen molar-refractivity contribution in [1.82, 2.24) is 5.32 Å². The summed E-state index contributed by atoms with van der Waals surface area (Å²) in [5.74, 6) is 0.0479. The number of carbonyl (C=O) groups excluding carboxylic acids is 1. The van der Waals surface area contributed by atoms with E-state index in [9.17, 15) is 18.7 Å². The van der Waals surface area contributed by atoms with Crippen LogP contribution in [0, 0.1) is 5.92 Å². The summed E-state index contributed by atoms with van der Waals surface area (Å²) in [6.07, 6.45) is 3.78. The average molecular weight is 314 g/mol.